The molecule has 3 rings (SSSR count). The van der Waals surface area contributed by atoms with Crippen molar-refractivity contribution in [1.82, 2.24) is 9.71 Å². The normalized spacial score (nSPS) is 11.4. The summed E-state index contributed by atoms with van der Waals surface area (Å²) in [6.45, 7) is 2.07. The molecule has 0 bridgehead atoms. The molecule has 1 N–H and O–H groups in total. The van der Waals surface area contributed by atoms with E-state index in [2.05, 4.69) is 9.71 Å². The van der Waals surface area contributed by atoms with Gasteiger partial charge in [-0.15, -0.1) is 11.3 Å². The lowest BCUT2D eigenvalue weighted by Crippen LogP contribution is -2.22. The molecule has 0 aliphatic carbocycles. The average molecular weight is 360 g/mol. The Labute approximate surface area is 145 Å². The lowest BCUT2D eigenvalue weighted by molar-refractivity contribution is 0.462. The van der Waals surface area contributed by atoms with E-state index in [1.165, 1.54) is 11.3 Å². The first kappa shape index (κ1) is 16.6. The molecular formula is C17H16N2O3S2. The molecule has 0 aliphatic rings. The number of ether oxygens (including phenoxy) is 1. The van der Waals surface area contributed by atoms with Gasteiger partial charge >= 0.3 is 0 Å². The number of aryl methyl sites for hydroxylation is 1. The molecule has 24 heavy (non-hydrogen) atoms. The van der Waals surface area contributed by atoms with E-state index >= 15 is 0 Å². The summed E-state index contributed by atoms with van der Waals surface area (Å²) in [5.41, 5.74) is 0.806. The zero-order valence-corrected chi connectivity index (χ0v) is 14.6. The molecule has 0 amide bonds. The summed E-state index contributed by atoms with van der Waals surface area (Å²) in [5.74, 6) is 1.10. The average Bonchev–Trinajstić information content (AvgIpc) is 3.02. The molecule has 0 atom stereocenters. The minimum Gasteiger partial charge on any atom is -0.439 e. The van der Waals surface area contributed by atoms with Crippen molar-refractivity contribution in [3.63, 3.8) is 0 Å². The molecular weight excluding hydrogens is 344 g/mol. The van der Waals surface area contributed by atoms with Crippen LogP contribution in [-0.4, -0.2) is 13.4 Å². The van der Waals surface area contributed by atoms with E-state index in [0.717, 1.165) is 10.4 Å². The molecule has 3 aromatic rings. The van der Waals surface area contributed by atoms with E-state index in [4.69, 9.17) is 4.74 Å². The maximum Gasteiger partial charge on any atom is 0.250 e. The van der Waals surface area contributed by atoms with Gasteiger partial charge < -0.3 is 4.74 Å². The zero-order valence-electron chi connectivity index (χ0n) is 13.0. The molecule has 2 aromatic heterocycles. The second kappa shape index (κ2) is 7.12. The van der Waals surface area contributed by atoms with Crippen molar-refractivity contribution in [2.24, 2.45) is 0 Å². The molecule has 0 spiro atoms. The van der Waals surface area contributed by atoms with Crippen LogP contribution in [0, 0.1) is 6.92 Å². The second-order valence-electron chi connectivity index (χ2n) is 5.11. The topological polar surface area (TPSA) is 68.3 Å². The van der Waals surface area contributed by atoms with Crippen LogP contribution in [0.5, 0.6) is 11.6 Å². The van der Waals surface area contributed by atoms with E-state index in [1.54, 1.807) is 36.5 Å². The van der Waals surface area contributed by atoms with Gasteiger partial charge in [-0.2, -0.15) is 0 Å². The predicted molar refractivity (Wildman–Crippen MR) is 93.8 cm³/mol. The SMILES string of the molecule is Cc1ccc(S(=O)(=O)NCc2cccc(Oc3ccccn3)c2)s1. The highest BCUT2D eigenvalue weighted by Crippen LogP contribution is 2.22. The number of aromatic nitrogens is 1. The van der Waals surface area contributed by atoms with Crippen LogP contribution in [0.2, 0.25) is 0 Å². The maximum atomic E-state index is 12.3. The summed E-state index contributed by atoms with van der Waals surface area (Å²) in [6, 6.07) is 16.1. The molecule has 0 radical (unpaired) electrons. The maximum absolute atomic E-state index is 12.3. The Morgan fingerprint density at radius 1 is 1.12 bits per heavy atom. The monoisotopic (exact) mass is 360 g/mol. The third kappa shape index (κ3) is 4.19. The van der Waals surface area contributed by atoms with Crippen LogP contribution in [-0.2, 0) is 16.6 Å². The minimum atomic E-state index is -3.49. The Kier molecular flexibility index (Phi) is 4.94. The van der Waals surface area contributed by atoms with Crippen LogP contribution in [0.3, 0.4) is 0 Å². The van der Waals surface area contributed by atoms with Gasteiger partial charge in [0.15, 0.2) is 0 Å². The fourth-order valence-electron chi connectivity index (χ4n) is 2.05. The predicted octanol–water partition coefficient (Wildman–Crippen LogP) is 3.72. The molecule has 0 unspecified atom stereocenters. The Balaban J connectivity index is 1.69. The molecule has 124 valence electrons. The van der Waals surface area contributed by atoms with Gasteiger partial charge in [0.2, 0.25) is 15.9 Å². The quantitative estimate of drug-likeness (QED) is 0.727. The van der Waals surface area contributed by atoms with Gasteiger partial charge in [-0.25, -0.2) is 18.1 Å². The second-order valence-corrected chi connectivity index (χ2v) is 8.39. The number of rotatable bonds is 6. The van der Waals surface area contributed by atoms with E-state index in [-0.39, 0.29) is 6.54 Å². The molecule has 1 aromatic carbocycles. The highest BCUT2D eigenvalue weighted by molar-refractivity contribution is 7.91. The first-order valence-corrected chi connectivity index (χ1v) is 9.57. The van der Waals surface area contributed by atoms with Crippen molar-refractivity contribution in [3.05, 3.63) is 71.2 Å². The van der Waals surface area contributed by atoms with Gasteiger partial charge in [-0.05, 0) is 42.8 Å². The van der Waals surface area contributed by atoms with Crippen molar-refractivity contribution in [2.45, 2.75) is 17.7 Å². The molecule has 0 fully saturated rings. The van der Waals surface area contributed by atoms with Crippen molar-refractivity contribution in [3.8, 4) is 11.6 Å². The smallest absolute Gasteiger partial charge is 0.250 e. The summed E-state index contributed by atoms with van der Waals surface area (Å²) in [6.07, 6.45) is 1.65. The summed E-state index contributed by atoms with van der Waals surface area (Å²) in [5, 5.41) is 0. The summed E-state index contributed by atoms with van der Waals surface area (Å²) in [7, 11) is -3.49. The van der Waals surface area contributed by atoms with Crippen LogP contribution in [0.15, 0.2) is 65.0 Å². The Morgan fingerprint density at radius 2 is 2.00 bits per heavy atom. The van der Waals surface area contributed by atoms with Crippen molar-refractivity contribution in [2.75, 3.05) is 0 Å². The molecule has 0 saturated carbocycles. The van der Waals surface area contributed by atoms with E-state index in [9.17, 15) is 8.42 Å². The highest BCUT2D eigenvalue weighted by atomic mass is 32.2. The largest absolute Gasteiger partial charge is 0.439 e. The standard InChI is InChI=1S/C17H16N2O3S2/c1-13-8-9-17(23-13)24(20,21)19-12-14-5-4-6-15(11-14)22-16-7-2-3-10-18-16/h2-11,19H,12H2,1H3. The molecule has 5 nitrogen and oxygen atoms in total. The van der Waals surface area contributed by atoms with Gasteiger partial charge in [-0.1, -0.05) is 18.2 Å². The molecule has 0 saturated heterocycles. The number of hydrogen-bond acceptors (Lipinski definition) is 5. The van der Waals surface area contributed by atoms with Gasteiger partial charge in [0.25, 0.3) is 0 Å². The number of sulfonamides is 1. The zero-order chi connectivity index (χ0) is 17.0. The molecule has 0 aliphatic heterocycles. The fraction of sp³-hybridized carbons (Fsp3) is 0.118. The Bertz CT molecular complexity index is 922. The number of hydrogen-bond donors (Lipinski definition) is 1. The third-order valence-electron chi connectivity index (χ3n) is 3.21. The van der Waals surface area contributed by atoms with Gasteiger partial charge in [0, 0.05) is 23.7 Å². The number of nitrogens with zero attached hydrogens (tertiary/aromatic N) is 1. The van der Waals surface area contributed by atoms with Crippen LogP contribution < -0.4 is 9.46 Å². The van der Waals surface area contributed by atoms with Crippen LogP contribution in [0.1, 0.15) is 10.4 Å². The number of thiophene rings is 1. The van der Waals surface area contributed by atoms with Crippen LogP contribution >= 0.6 is 11.3 Å². The molecule has 2 heterocycles. The van der Waals surface area contributed by atoms with Gasteiger partial charge in [-0.3, -0.25) is 0 Å². The van der Waals surface area contributed by atoms with Crippen LogP contribution in [0.25, 0.3) is 0 Å². The van der Waals surface area contributed by atoms with Crippen molar-refractivity contribution in [1.29, 1.82) is 0 Å². The van der Waals surface area contributed by atoms with E-state index in [0.29, 0.717) is 15.8 Å². The van der Waals surface area contributed by atoms with Crippen molar-refractivity contribution >= 4 is 21.4 Å². The van der Waals surface area contributed by atoms with Gasteiger partial charge in [0.1, 0.15) is 9.96 Å². The minimum absolute atomic E-state index is 0.193. The lowest BCUT2D eigenvalue weighted by Gasteiger charge is -2.08. The number of nitrogens with one attached hydrogen (secondary N) is 1. The number of pyridine rings is 1. The fourth-order valence-corrected chi connectivity index (χ4v) is 4.40. The van der Waals surface area contributed by atoms with E-state index < -0.39 is 10.0 Å². The lowest BCUT2D eigenvalue weighted by atomic mass is 10.2. The first-order valence-electron chi connectivity index (χ1n) is 7.27. The Morgan fingerprint density at radius 3 is 2.71 bits per heavy atom. The van der Waals surface area contributed by atoms with Crippen molar-refractivity contribution < 1.29 is 13.2 Å². The third-order valence-corrected chi connectivity index (χ3v) is 6.10. The first-order chi connectivity index (χ1) is 11.5. The van der Waals surface area contributed by atoms with Gasteiger partial charge in [0.05, 0.1) is 0 Å². The summed E-state index contributed by atoms with van der Waals surface area (Å²) >= 11 is 1.25. The Hall–Kier alpha value is -2.22. The highest BCUT2D eigenvalue weighted by Gasteiger charge is 2.15. The van der Waals surface area contributed by atoms with E-state index in [1.807, 2.05) is 31.2 Å². The summed E-state index contributed by atoms with van der Waals surface area (Å²) < 4.78 is 33.1. The number of benzene rings is 1. The summed E-state index contributed by atoms with van der Waals surface area (Å²) in [4.78, 5) is 5.06. The molecule has 7 heteroatoms. The van der Waals surface area contributed by atoms with Crippen LogP contribution in [0.4, 0.5) is 0 Å².